The Morgan fingerprint density at radius 1 is 1.16 bits per heavy atom. The molecule has 0 radical (unpaired) electrons. The third-order valence-corrected chi connectivity index (χ3v) is 4.10. The molecule has 0 unspecified atom stereocenters. The maximum atomic E-state index is 6.16. The SMILES string of the molecule is C=CCc1cc(Cl)cc(B2OC(C)(C)C(C)(C)O2)c1. The summed E-state index contributed by atoms with van der Waals surface area (Å²) in [7, 11) is -0.368. The molecule has 0 N–H and O–H groups in total. The van der Waals surface area contributed by atoms with Crippen LogP contribution in [0.15, 0.2) is 30.9 Å². The monoisotopic (exact) mass is 278 g/mol. The van der Waals surface area contributed by atoms with Crippen LogP contribution in [0.2, 0.25) is 5.02 Å². The van der Waals surface area contributed by atoms with Crippen LogP contribution >= 0.6 is 11.6 Å². The Labute approximate surface area is 120 Å². The molecule has 1 heterocycles. The van der Waals surface area contributed by atoms with Crippen molar-refractivity contribution < 1.29 is 9.31 Å². The van der Waals surface area contributed by atoms with Gasteiger partial charge in [-0.05, 0) is 57.3 Å². The Balaban J connectivity index is 2.31. The van der Waals surface area contributed by atoms with E-state index in [0.29, 0.717) is 5.02 Å². The van der Waals surface area contributed by atoms with Gasteiger partial charge in [0, 0.05) is 5.02 Å². The standard InChI is InChI=1S/C15H20BClO2/c1-6-7-11-8-12(10-13(17)9-11)16-18-14(2,3)15(4,5)19-16/h6,8-10H,1,7H2,2-5H3. The van der Waals surface area contributed by atoms with Gasteiger partial charge in [0.25, 0.3) is 0 Å². The van der Waals surface area contributed by atoms with Gasteiger partial charge in [-0.2, -0.15) is 0 Å². The van der Waals surface area contributed by atoms with E-state index in [1.165, 1.54) is 0 Å². The number of halogens is 1. The first kappa shape index (κ1) is 14.6. The highest BCUT2D eigenvalue weighted by Crippen LogP contribution is 2.36. The van der Waals surface area contributed by atoms with Crippen LogP contribution in [0.5, 0.6) is 0 Å². The summed E-state index contributed by atoms with van der Waals surface area (Å²) in [5.74, 6) is 0. The van der Waals surface area contributed by atoms with Crippen molar-refractivity contribution in [3.8, 4) is 0 Å². The topological polar surface area (TPSA) is 18.5 Å². The predicted octanol–water partition coefficient (Wildman–Crippen LogP) is 3.37. The molecule has 102 valence electrons. The maximum Gasteiger partial charge on any atom is 0.494 e. The summed E-state index contributed by atoms with van der Waals surface area (Å²) in [6, 6.07) is 5.91. The molecule has 1 saturated heterocycles. The zero-order chi connectivity index (χ0) is 14.3. The van der Waals surface area contributed by atoms with Crippen molar-refractivity contribution in [3.05, 3.63) is 41.4 Å². The molecule has 1 aromatic carbocycles. The van der Waals surface area contributed by atoms with Crippen LogP contribution in [0, 0.1) is 0 Å². The molecule has 19 heavy (non-hydrogen) atoms. The van der Waals surface area contributed by atoms with Crippen LogP contribution in [-0.4, -0.2) is 18.3 Å². The summed E-state index contributed by atoms with van der Waals surface area (Å²) in [6.07, 6.45) is 2.65. The Morgan fingerprint density at radius 2 is 1.74 bits per heavy atom. The molecule has 1 aromatic rings. The molecule has 0 aliphatic carbocycles. The molecule has 4 heteroatoms. The second-order valence-electron chi connectivity index (χ2n) is 5.97. The summed E-state index contributed by atoms with van der Waals surface area (Å²) in [5, 5.41) is 0.698. The van der Waals surface area contributed by atoms with Gasteiger partial charge in [0.1, 0.15) is 0 Å². The first-order valence-electron chi connectivity index (χ1n) is 6.51. The number of allylic oxidation sites excluding steroid dienone is 1. The average Bonchev–Trinajstić information content (AvgIpc) is 2.48. The molecule has 0 amide bonds. The summed E-state index contributed by atoms with van der Waals surface area (Å²) < 4.78 is 12.1. The Hall–Kier alpha value is -0.765. The van der Waals surface area contributed by atoms with E-state index in [1.54, 1.807) is 0 Å². The smallest absolute Gasteiger partial charge is 0.399 e. The van der Waals surface area contributed by atoms with E-state index in [-0.39, 0.29) is 18.3 Å². The van der Waals surface area contributed by atoms with E-state index in [2.05, 4.69) is 12.6 Å². The third-order valence-electron chi connectivity index (χ3n) is 3.89. The van der Waals surface area contributed by atoms with E-state index in [1.807, 2.05) is 45.9 Å². The van der Waals surface area contributed by atoms with Gasteiger partial charge in [0.15, 0.2) is 0 Å². The number of hydrogen-bond acceptors (Lipinski definition) is 2. The second kappa shape index (κ2) is 4.97. The molecular weight excluding hydrogens is 258 g/mol. The molecule has 2 rings (SSSR count). The first-order chi connectivity index (χ1) is 8.75. The molecule has 0 aromatic heterocycles. The normalized spacial score (nSPS) is 20.6. The van der Waals surface area contributed by atoms with Gasteiger partial charge < -0.3 is 9.31 Å². The molecule has 2 nitrogen and oxygen atoms in total. The lowest BCUT2D eigenvalue weighted by molar-refractivity contribution is 0.00578. The van der Waals surface area contributed by atoms with E-state index in [9.17, 15) is 0 Å². The minimum Gasteiger partial charge on any atom is -0.399 e. The quantitative estimate of drug-likeness (QED) is 0.623. The molecule has 1 aliphatic rings. The Kier molecular flexibility index (Phi) is 3.83. The Morgan fingerprint density at radius 3 is 2.26 bits per heavy atom. The lowest BCUT2D eigenvalue weighted by Crippen LogP contribution is -2.41. The van der Waals surface area contributed by atoms with E-state index >= 15 is 0 Å². The van der Waals surface area contributed by atoms with Gasteiger partial charge in [-0.1, -0.05) is 23.7 Å². The van der Waals surface area contributed by atoms with Crippen molar-refractivity contribution in [2.75, 3.05) is 0 Å². The van der Waals surface area contributed by atoms with Crippen molar-refractivity contribution in [1.29, 1.82) is 0 Å². The number of hydrogen-bond donors (Lipinski definition) is 0. The third kappa shape index (κ3) is 2.89. The molecule has 0 saturated carbocycles. The number of rotatable bonds is 3. The largest absolute Gasteiger partial charge is 0.494 e. The predicted molar refractivity (Wildman–Crippen MR) is 81.1 cm³/mol. The van der Waals surface area contributed by atoms with Gasteiger partial charge in [-0.3, -0.25) is 0 Å². The van der Waals surface area contributed by atoms with E-state index < -0.39 is 0 Å². The van der Waals surface area contributed by atoms with Crippen LogP contribution in [0.4, 0.5) is 0 Å². The molecule has 0 atom stereocenters. The van der Waals surface area contributed by atoms with Crippen LogP contribution < -0.4 is 5.46 Å². The second-order valence-corrected chi connectivity index (χ2v) is 6.41. The van der Waals surface area contributed by atoms with Crippen LogP contribution in [0.3, 0.4) is 0 Å². The molecule has 0 bridgehead atoms. The highest BCUT2D eigenvalue weighted by molar-refractivity contribution is 6.62. The van der Waals surface area contributed by atoms with Crippen molar-refractivity contribution in [2.24, 2.45) is 0 Å². The first-order valence-corrected chi connectivity index (χ1v) is 6.89. The lowest BCUT2D eigenvalue weighted by Gasteiger charge is -2.32. The molecule has 0 spiro atoms. The lowest BCUT2D eigenvalue weighted by atomic mass is 9.78. The minimum atomic E-state index is -0.368. The minimum absolute atomic E-state index is 0.335. The van der Waals surface area contributed by atoms with Gasteiger partial charge in [0.2, 0.25) is 0 Å². The zero-order valence-corrected chi connectivity index (χ0v) is 12.8. The van der Waals surface area contributed by atoms with Gasteiger partial charge >= 0.3 is 7.12 Å². The van der Waals surface area contributed by atoms with Crippen molar-refractivity contribution in [2.45, 2.75) is 45.3 Å². The van der Waals surface area contributed by atoms with E-state index in [4.69, 9.17) is 20.9 Å². The Bertz CT molecular complexity index is 481. The summed E-state index contributed by atoms with van der Waals surface area (Å²) >= 11 is 6.16. The van der Waals surface area contributed by atoms with Crippen molar-refractivity contribution >= 4 is 24.2 Å². The van der Waals surface area contributed by atoms with Crippen LogP contribution in [-0.2, 0) is 15.7 Å². The van der Waals surface area contributed by atoms with Crippen LogP contribution in [0.25, 0.3) is 0 Å². The van der Waals surface area contributed by atoms with Crippen molar-refractivity contribution in [3.63, 3.8) is 0 Å². The molecule has 1 aliphatic heterocycles. The summed E-state index contributed by atoms with van der Waals surface area (Å²) in [6.45, 7) is 11.9. The van der Waals surface area contributed by atoms with Crippen LogP contribution in [0.1, 0.15) is 33.3 Å². The fourth-order valence-electron chi connectivity index (χ4n) is 2.08. The van der Waals surface area contributed by atoms with E-state index in [0.717, 1.165) is 17.4 Å². The molecular formula is C15H20BClO2. The summed E-state index contributed by atoms with van der Waals surface area (Å²) in [5.41, 5.74) is 1.41. The maximum absolute atomic E-state index is 6.16. The highest BCUT2D eigenvalue weighted by Gasteiger charge is 2.51. The summed E-state index contributed by atoms with van der Waals surface area (Å²) in [4.78, 5) is 0. The molecule has 1 fully saturated rings. The van der Waals surface area contributed by atoms with Gasteiger partial charge in [0.05, 0.1) is 11.2 Å². The fourth-order valence-corrected chi connectivity index (χ4v) is 2.34. The number of benzene rings is 1. The average molecular weight is 279 g/mol. The fraction of sp³-hybridized carbons (Fsp3) is 0.467. The zero-order valence-electron chi connectivity index (χ0n) is 12.0. The van der Waals surface area contributed by atoms with Gasteiger partial charge in [-0.25, -0.2) is 0 Å². The highest BCUT2D eigenvalue weighted by atomic mass is 35.5. The van der Waals surface area contributed by atoms with Crippen molar-refractivity contribution in [1.82, 2.24) is 0 Å². The van der Waals surface area contributed by atoms with Gasteiger partial charge in [-0.15, -0.1) is 6.58 Å².